The predicted octanol–water partition coefficient (Wildman–Crippen LogP) is 6.71. The summed E-state index contributed by atoms with van der Waals surface area (Å²) in [6, 6.07) is 0.925. The number of alkyl carbamates (subject to hydrolysis) is 2. The normalized spacial score (nSPS) is 38.9. The molecule has 1 saturated heterocycles. The molecule has 1 aliphatic heterocycles. The van der Waals surface area contributed by atoms with E-state index < -0.39 is 66.3 Å². The largest absolute Gasteiger partial charge is 0.447 e. The molecule has 0 bridgehead atoms. The molecule has 0 aromatic carbocycles. The molecule has 13 atom stereocenters. The molecule has 5 saturated carbocycles. The van der Waals surface area contributed by atoms with Crippen LogP contribution in [-0.4, -0.2) is 91.4 Å². The van der Waals surface area contributed by atoms with Crippen LogP contribution < -0.4 is 22.1 Å². The van der Waals surface area contributed by atoms with E-state index in [9.17, 15) is 29.7 Å². The number of allylic oxidation sites excluding steroid dienone is 4. The molecular formula is C48H70FN5O9. The van der Waals surface area contributed by atoms with E-state index in [4.69, 9.17) is 19.9 Å². The van der Waals surface area contributed by atoms with Gasteiger partial charge in [0.2, 0.25) is 0 Å². The van der Waals surface area contributed by atoms with Gasteiger partial charge in [-0.05, 0) is 136 Å². The molecule has 1 aromatic heterocycles. The number of aromatic nitrogens is 2. The van der Waals surface area contributed by atoms with Crippen molar-refractivity contribution in [3.05, 3.63) is 70.3 Å². The Morgan fingerprint density at radius 3 is 2.57 bits per heavy atom. The standard InChI is InChI=1S/C48H70FN5O9/c1-27(10-17-36(56)30-12-13-30)34-15-16-35-29(9-8-19-47(34,35)6)11-14-31-21-33(55)22-37(28(31)2)63-43(59)51-32-23-45(3,4)26-46(5,24-32)53-44(60)61-25-38-40(57)48(7,49)41(62-38)54-20-18-39(50)52-42(54)58/h10-11,14,17-18,20,27,30,32-38,40-41,55-57H,2,8-9,12-13,15-16,19,21-26H2,1,3-7H3,(H,51,59)(H,53,60)(H2,50,52,58)/b17-10+,29-11+,31-14-/t27-,32?,33+,34?,35?,36?,37-,38?,40?,41?,46?,47+,48?/m0/s1. The van der Waals surface area contributed by atoms with Crippen LogP contribution in [0.3, 0.4) is 0 Å². The van der Waals surface area contributed by atoms with Crippen LogP contribution in [0.1, 0.15) is 125 Å². The average molecular weight is 880 g/mol. The number of halogens is 1. The Morgan fingerprint density at radius 2 is 1.86 bits per heavy atom. The Morgan fingerprint density at radius 1 is 1.11 bits per heavy atom. The van der Waals surface area contributed by atoms with Crippen molar-refractivity contribution in [2.75, 3.05) is 12.3 Å². The van der Waals surface area contributed by atoms with Gasteiger partial charge in [0, 0.05) is 24.2 Å². The number of nitrogens with one attached hydrogen (secondary N) is 2. The predicted molar refractivity (Wildman–Crippen MR) is 236 cm³/mol. The van der Waals surface area contributed by atoms with E-state index in [0.717, 1.165) is 55.6 Å². The molecule has 15 heteroatoms. The molecular weight excluding hydrogens is 810 g/mol. The first-order valence-corrected chi connectivity index (χ1v) is 23.0. The van der Waals surface area contributed by atoms with Crippen LogP contribution in [0.2, 0.25) is 0 Å². The van der Waals surface area contributed by atoms with Crippen LogP contribution in [0.5, 0.6) is 0 Å². The van der Waals surface area contributed by atoms with Crippen molar-refractivity contribution in [2.24, 2.45) is 34.5 Å². The number of nitrogen functional groups attached to an aromatic ring is 1. The number of ether oxygens (including phenoxy) is 3. The van der Waals surface area contributed by atoms with E-state index in [2.05, 4.69) is 54.3 Å². The molecule has 6 aliphatic rings. The summed E-state index contributed by atoms with van der Waals surface area (Å²) >= 11 is 0. The summed E-state index contributed by atoms with van der Waals surface area (Å²) < 4.78 is 33.7. The van der Waals surface area contributed by atoms with E-state index in [-0.39, 0.29) is 35.2 Å². The fraction of sp³-hybridized carbons (Fsp3) is 0.708. The van der Waals surface area contributed by atoms with Gasteiger partial charge in [0.15, 0.2) is 11.9 Å². The Bertz CT molecular complexity index is 2050. The van der Waals surface area contributed by atoms with Crippen molar-refractivity contribution in [3.63, 3.8) is 0 Å². The molecule has 7 N–H and O–H groups in total. The third-order valence-corrected chi connectivity index (χ3v) is 15.2. The second kappa shape index (κ2) is 18.1. The van der Waals surface area contributed by atoms with Gasteiger partial charge in [0.1, 0.15) is 30.7 Å². The molecule has 14 nitrogen and oxygen atoms in total. The first-order valence-electron chi connectivity index (χ1n) is 23.0. The zero-order valence-electron chi connectivity index (χ0n) is 37.9. The molecule has 0 radical (unpaired) electrons. The highest BCUT2D eigenvalue weighted by molar-refractivity contribution is 5.69. The Labute approximate surface area is 370 Å². The highest BCUT2D eigenvalue weighted by atomic mass is 19.1. The van der Waals surface area contributed by atoms with Gasteiger partial charge in [0.05, 0.1) is 12.2 Å². The zero-order chi connectivity index (χ0) is 45.6. The van der Waals surface area contributed by atoms with E-state index in [1.807, 2.05) is 26.8 Å². The van der Waals surface area contributed by atoms with Gasteiger partial charge in [0.25, 0.3) is 0 Å². The number of carbonyl (C=O) groups excluding carboxylic acids is 2. The lowest BCUT2D eigenvalue weighted by atomic mass is 9.61. The third kappa shape index (κ3) is 10.4. The molecule has 0 spiro atoms. The SMILES string of the molecule is C=C1/C(=C\C=C2/CCC[C@@]3(C)C2CCC3[C@@H](C)/C=C/C(O)C2CC2)C[C@@H](O)C[C@@H]1OC(=O)NC1CC(C)(C)CC(C)(NC(=O)OCC2OC(n3ccc(N)nc3=O)C(C)(F)C2O)C1. The number of aliphatic hydroxyl groups excluding tert-OH is 3. The second-order valence-corrected chi connectivity index (χ2v) is 21.2. The fourth-order valence-electron chi connectivity index (χ4n) is 12.1. The quantitative estimate of drug-likeness (QED) is 0.129. The van der Waals surface area contributed by atoms with Gasteiger partial charge in [-0.25, -0.2) is 18.8 Å². The number of rotatable bonds is 11. The second-order valence-electron chi connectivity index (χ2n) is 21.2. The van der Waals surface area contributed by atoms with Gasteiger partial charge in [-0.2, -0.15) is 4.98 Å². The van der Waals surface area contributed by atoms with Crippen LogP contribution in [0.4, 0.5) is 19.8 Å². The summed E-state index contributed by atoms with van der Waals surface area (Å²) in [6.07, 6.45) is 12.1. The summed E-state index contributed by atoms with van der Waals surface area (Å²) in [6.45, 7) is 15.6. The molecule has 348 valence electrons. The van der Waals surface area contributed by atoms with Crippen LogP contribution in [0.15, 0.2) is 64.7 Å². The Hall–Kier alpha value is -4.05. The van der Waals surface area contributed by atoms with Gasteiger partial charge in [-0.1, -0.05) is 64.2 Å². The van der Waals surface area contributed by atoms with Gasteiger partial charge in [-0.15, -0.1) is 0 Å². The number of nitrogens with two attached hydrogens (primary N) is 1. The van der Waals surface area contributed by atoms with E-state index in [1.54, 1.807) is 0 Å². The van der Waals surface area contributed by atoms with Gasteiger partial charge >= 0.3 is 17.9 Å². The van der Waals surface area contributed by atoms with Crippen LogP contribution in [0, 0.1) is 34.5 Å². The number of alkyl halides is 1. The lowest BCUT2D eigenvalue weighted by molar-refractivity contribution is -0.0631. The summed E-state index contributed by atoms with van der Waals surface area (Å²) in [4.78, 5) is 42.7. The summed E-state index contributed by atoms with van der Waals surface area (Å²) in [5.41, 5.74) is 4.32. The summed E-state index contributed by atoms with van der Waals surface area (Å²) in [7, 11) is 0. The minimum Gasteiger partial charge on any atom is -0.447 e. The summed E-state index contributed by atoms with van der Waals surface area (Å²) in [5, 5.41) is 38.1. The van der Waals surface area contributed by atoms with E-state index in [0.29, 0.717) is 54.9 Å². The minimum atomic E-state index is -2.41. The van der Waals surface area contributed by atoms with Crippen LogP contribution in [-0.2, 0) is 14.2 Å². The number of aliphatic hydroxyl groups is 3. The molecule has 63 heavy (non-hydrogen) atoms. The van der Waals surface area contributed by atoms with Crippen molar-refractivity contribution in [1.82, 2.24) is 20.2 Å². The molecule has 9 unspecified atom stereocenters. The molecule has 2 amide bonds. The van der Waals surface area contributed by atoms with Crippen LogP contribution >= 0.6 is 0 Å². The van der Waals surface area contributed by atoms with Crippen molar-refractivity contribution in [2.45, 2.75) is 173 Å². The maximum absolute atomic E-state index is 15.7. The van der Waals surface area contributed by atoms with Crippen molar-refractivity contribution in [1.29, 1.82) is 0 Å². The number of hydrogen-bond acceptors (Lipinski definition) is 11. The fourth-order valence-corrected chi connectivity index (χ4v) is 12.1. The maximum Gasteiger partial charge on any atom is 0.407 e. The zero-order valence-corrected chi connectivity index (χ0v) is 37.9. The lowest BCUT2D eigenvalue weighted by Gasteiger charge is -2.46. The monoisotopic (exact) mass is 880 g/mol. The average Bonchev–Trinajstić information content (AvgIpc) is 3.93. The minimum absolute atomic E-state index is 0.0493. The first-order chi connectivity index (χ1) is 29.6. The Kier molecular flexibility index (Phi) is 13.5. The van der Waals surface area contributed by atoms with E-state index >= 15 is 4.39 Å². The van der Waals surface area contributed by atoms with E-state index in [1.165, 1.54) is 24.3 Å². The molecule has 1 aromatic rings. The first kappa shape index (κ1) is 46.9. The van der Waals surface area contributed by atoms with Gasteiger partial charge in [-0.3, -0.25) is 4.57 Å². The third-order valence-electron chi connectivity index (χ3n) is 15.2. The highest BCUT2D eigenvalue weighted by Gasteiger charge is 2.56. The molecule has 5 aliphatic carbocycles. The van der Waals surface area contributed by atoms with Crippen LogP contribution in [0.25, 0.3) is 0 Å². The number of nitrogens with zero attached hydrogens (tertiary/aromatic N) is 2. The number of hydrogen-bond donors (Lipinski definition) is 6. The smallest absolute Gasteiger partial charge is 0.407 e. The van der Waals surface area contributed by atoms with Crippen molar-refractivity contribution < 1.29 is 43.5 Å². The summed E-state index contributed by atoms with van der Waals surface area (Å²) in [5.74, 6) is 1.80. The Balaban J connectivity index is 0.931. The molecule has 2 heterocycles. The highest BCUT2D eigenvalue weighted by Crippen LogP contribution is 2.59. The molecule has 7 rings (SSSR count). The van der Waals surface area contributed by atoms with Crippen molar-refractivity contribution >= 4 is 18.0 Å². The maximum atomic E-state index is 15.7. The lowest BCUT2D eigenvalue weighted by Crippen LogP contribution is -2.58. The molecule has 6 fully saturated rings. The van der Waals surface area contributed by atoms with Crippen molar-refractivity contribution in [3.8, 4) is 0 Å². The number of carbonyl (C=O) groups is 2. The number of amides is 2. The topological polar surface area (TPSA) is 207 Å². The number of fused-ring (bicyclic) bond motifs is 1. The number of anilines is 1. The van der Waals surface area contributed by atoms with Gasteiger partial charge < -0.3 is 45.9 Å².